The number of esters is 1. The Kier molecular flexibility index (Phi) is 7.91. The second kappa shape index (κ2) is 10.1. The van der Waals surface area contributed by atoms with Gasteiger partial charge in [-0.1, -0.05) is 31.4 Å². The fraction of sp³-hybridized carbons (Fsp3) is 0.462. The number of amides is 1. The van der Waals surface area contributed by atoms with Gasteiger partial charge in [-0.25, -0.2) is 13.2 Å². The molecule has 2 aliphatic rings. The number of rotatable bonds is 6. The number of carbonyl (C=O) groups is 2. The van der Waals surface area contributed by atoms with Crippen molar-refractivity contribution in [3.63, 3.8) is 0 Å². The normalized spacial score (nSPS) is 24.3. The average molecular weight is 614 g/mol. The Balaban J connectivity index is 2.32. The van der Waals surface area contributed by atoms with Crippen molar-refractivity contribution in [3.8, 4) is 0 Å². The molecule has 0 N–H and O–H groups in total. The quantitative estimate of drug-likeness (QED) is 0.239. The third kappa shape index (κ3) is 4.81. The molecule has 35 heavy (non-hydrogen) atoms. The molecule has 1 aromatic rings. The smallest absolute Gasteiger partial charge is 0.414 e. The van der Waals surface area contributed by atoms with Crippen molar-refractivity contribution in [2.24, 2.45) is 11.8 Å². The van der Waals surface area contributed by atoms with E-state index in [9.17, 15) is 18.0 Å². The summed E-state index contributed by atoms with van der Waals surface area (Å²) in [4.78, 5) is 27.8. The van der Waals surface area contributed by atoms with Gasteiger partial charge in [-0.3, -0.25) is 9.69 Å². The fourth-order valence-corrected chi connectivity index (χ4v) is 8.04. The predicted molar refractivity (Wildman–Crippen MR) is 145 cm³/mol. The lowest BCUT2D eigenvalue weighted by Crippen LogP contribution is -2.54. The molecule has 1 aliphatic carbocycles. The average Bonchev–Trinajstić information content (AvgIpc) is 3.16. The zero-order chi connectivity index (χ0) is 26.2. The molecular formula is C26H32INO6S. The number of allylic oxidation sites excluding steroid dienone is 3. The minimum atomic E-state index is -4.04. The lowest BCUT2D eigenvalue weighted by molar-refractivity contribution is -0.149. The van der Waals surface area contributed by atoms with E-state index < -0.39 is 44.1 Å². The first-order chi connectivity index (χ1) is 16.3. The van der Waals surface area contributed by atoms with Gasteiger partial charge in [0, 0.05) is 16.0 Å². The van der Waals surface area contributed by atoms with Crippen molar-refractivity contribution in [1.29, 1.82) is 0 Å². The number of carbonyl (C=O) groups excluding carboxylic acids is 2. The molecule has 0 aromatic heterocycles. The minimum Gasteiger partial charge on any atom is -0.466 e. The number of hydrogen-bond acceptors (Lipinski definition) is 6. The first-order valence-corrected chi connectivity index (χ1v) is 14.1. The van der Waals surface area contributed by atoms with Gasteiger partial charge in [0.1, 0.15) is 10.3 Å². The summed E-state index contributed by atoms with van der Waals surface area (Å²) in [7, 11) is -4.04. The van der Waals surface area contributed by atoms with Gasteiger partial charge >= 0.3 is 12.1 Å². The number of fused-ring (bicyclic) bond motifs is 3. The highest BCUT2D eigenvalue weighted by Gasteiger charge is 2.64. The number of hydrogen-bond donors (Lipinski definition) is 0. The number of halogens is 1. The summed E-state index contributed by atoms with van der Waals surface area (Å²) in [6.07, 6.45) is 4.05. The van der Waals surface area contributed by atoms with Crippen molar-refractivity contribution in [2.75, 3.05) is 18.1 Å². The van der Waals surface area contributed by atoms with E-state index >= 15 is 0 Å². The molecule has 1 heterocycles. The van der Waals surface area contributed by atoms with Crippen LogP contribution in [0.25, 0.3) is 0 Å². The van der Waals surface area contributed by atoms with Gasteiger partial charge < -0.3 is 9.47 Å². The Labute approximate surface area is 221 Å². The van der Waals surface area contributed by atoms with Crippen LogP contribution < -0.4 is 4.90 Å². The zero-order valence-corrected chi connectivity index (χ0v) is 23.5. The largest absolute Gasteiger partial charge is 0.466 e. The van der Waals surface area contributed by atoms with Gasteiger partial charge in [-0.15, -0.1) is 0 Å². The van der Waals surface area contributed by atoms with E-state index in [4.69, 9.17) is 9.47 Å². The summed E-state index contributed by atoms with van der Waals surface area (Å²) in [5.41, 5.74) is 0.194. The number of nitrogens with zero attached hydrogens (tertiary/aromatic N) is 1. The maximum absolute atomic E-state index is 14.3. The molecule has 1 aliphatic heterocycles. The highest BCUT2D eigenvalue weighted by molar-refractivity contribution is 14.1. The Morgan fingerprint density at radius 1 is 1.29 bits per heavy atom. The van der Waals surface area contributed by atoms with Crippen LogP contribution in [0, 0.1) is 15.4 Å². The van der Waals surface area contributed by atoms with Crippen LogP contribution in [0.3, 0.4) is 0 Å². The fourth-order valence-electron chi connectivity index (χ4n) is 5.17. The molecule has 7 nitrogen and oxygen atoms in total. The summed E-state index contributed by atoms with van der Waals surface area (Å²) in [5, 5.41) is 0. The third-order valence-corrected chi connectivity index (χ3v) is 9.75. The van der Waals surface area contributed by atoms with Gasteiger partial charge in [0.25, 0.3) is 0 Å². The van der Waals surface area contributed by atoms with Gasteiger partial charge in [-0.05, 0) is 86.9 Å². The minimum absolute atomic E-state index is 0.00320. The van der Waals surface area contributed by atoms with Crippen LogP contribution in [0.5, 0.6) is 0 Å². The van der Waals surface area contributed by atoms with E-state index in [2.05, 4.69) is 35.7 Å². The predicted octanol–water partition coefficient (Wildman–Crippen LogP) is 5.50. The van der Waals surface area contributed by atoms with Gasteiger partial charge in [-0.2, -0.15) is 0 Å². The first kappa shape index (κ1) is 27.4. The monoisotopic (exact) mass is 613 g/mol. The second-order valence-electron chi connectivity index (χ2n) is 9.66. The molecule has 0 bridgehead atoms. The second-order valence-corrected chi connectivity index (χ2v) is 13.1. The summed E-state index contributed by atoms with van der Waals surface area (Å²) in [6.45, 7) is 14.6. The number of benzene rings is 1. The number of ether oxygens (including phenoxy) is 2. The van der Waals surface area contributed by atoms with Crippen LogP contribution >= 0.6 is 22.6 Å². The first-order valence-electron chi connectivity index (χ1n) is 11.5. The van der Waals surface area contributed by atoms with Crippen LogP contribution in [-0.2, 0) is 28.9 Å². The summed E-state index contributed by atoms with van der Waals surface area (Å²) < 4.78 is 39.0. The number of anilines is 1. The molecule has 3 rings (SSSR count). The van der Waals surface area contributed by atoms with E-state index in [1.54, 1.807) is 39.8 Å². The van der Waals surface area contributed by atoms with Crippen LogP contribution in [0.15, 0.2) is 54.5 Å². The summed E-state index contributed by atoms with van der Waals surface area (Å²) >= 11 is 2.13. The molecule has 190 valence electrons. The third-order valence-electron chi connectivity index (χ3n) is 6.47. The van der Waals surface area contributed by atoms with Crippen molar-refractivity contribution >= 4 is 50.2 Å². The molecule has 9 heteroatoms. The van der Waals surface area contributed by atoms with Crippen LogP contribution in [-0.4, -0.2) is 39.2 Å². The lowest BCUT2D eigenvalue weighted by atomic mass is 9.79. The highest BCUT2D eigenvalue weighted by atomic mass is 127. The maximum atomic E-state index is 14.3. The number of sulfone groups is 1. The molecular weight excluding hydrogens is 581 g/mol. The molecule has 0 saturated heterocycles. The van der Waals surface area contributed by atoms with Gasteiger partial charge in [0.15, 0.2) is 9.84 Å². The Morgan fingerprint density at radius 2 is 1.97 bits per heavy atom. The van der Waals surface area contributed by atoms with Gasteiger partial charge in [0.2, 0.25) is 0 Å². The standard InChI is InChI=1S/C26H32INO6S/c1-7-10-18(8-2)35(31,32)26-14-13-19(23(29)33-9-3)21(26)16-28(24(30)34-25(4,5)6)22-15-17(27)11-12-20(22)26/h7-8,10-12,15,19,21H,1-2,9,13-14,16H2,3-6H3/b18-10+/t19-,21+,26-/m1/s1. The Morgan fingerprint density at radius 3 is 2.54 bits per heavy atom. The van der Waals surface area contributed by atoms with Crippen LogP contribution in [0.2, 0.25) is 0 Å². The lowest BCUT2D eigenvalue weighted by Gasteiger charge is -2.46. The molecule has 0 spiro atoms. The molecule has 1 saturated carbocycles. The highest BCUT2D eigenvalue weighted by Crippen LogP contribution is 2.59. The molecule has 0 radical (unpaired) electrons. The van der Waals surface area contributed by atoms with E-state index in [1.807, 2.05) is 6.07 Å². The van der Waals surface area contributed by atoms with Crippen molar-refractivity contribution in [3.05, 3.63) is 63.6 Å². The van der Waals surface area contributed by atoms with Gasteiger partial charge in [0.05, 0.1) is 23.1 Å². The molecule has 1 aromatic carbocycles. The molecule has 1 amide bonds. The molecule has 1 fully saturated rings. The maximum Gasteiger partial charge on any atom is 0.414 e. The summed E-state index contributed by atoms with van der Waals surface area (Å²) in [6, 6.07) is 5.35. The zero-order valence-electron chi connectivity index (χ0n) is 20.5. The SMILES string of the molecule is C=C/C=C(\C=C)S(=O)(=O)[C@@]12CC[C@@H](C(=O)OCC)[C@@H]1CN(C(=O)OC(C)(C)C)c1cc(I)ccc12. The van der Waals surface area contributed by atoms with Crippen LogP contribution in [0.1, 0.15) is 46.1 Å². The van der Waals surface area contributed by atoms with Crippen LogP contribution in [0.4, 0.5) is 10.5 Å². The molecule has 0 unspecified atom stereocenters. The Hall–Kier alpha value is -2.14. The van der Waals surface area contributed by atoms with E-state index in [0.29, 0.717) is 17.7 Å². The van der Waals surface area contributed by atoms with Crippen molar-refractivity contribution in [2.45, 2.75) is 50.9 Å². The molecule has 3 atom stereocenters. The topological polar surface area (TPSA) is 90.0 Å². The summed E-state index contributed by atoms with van der Waals surface area (Å²) in [5.74, 6) is -1.89. The van der Waals surface area contributed by atoms with Crippen molar-refractivity contribution < 1.29 is 27.5 Å². The van der Waals surface area contributed by atoms with E-state index in [-0.39, 0.29) is 24.5 Å². The van der Waals surface area contributed by atoms with E-state index in [0.717, 1.165) is 3.57 Å². The van der Waals surface area contributed by atoms with E-state index in [1.165, 1.54) is 23.1 Å². The Bertz CT molecular complexity index is 1180. The van der Waals surface area contributed by atoms with Crippen molar-refractivity contribution in [1.82, 2.24) is 0 Å².